The quantitative estimate of drug-likeness (QED) is 0.180. The van der Waals surface area contributed by atoms with Crippen LogP contribution in [0, 0.1) is 6.07 Å². The molecule has 5 nitrogen and oxygen atoms in total. The first-order chi connectivity index (χ1) is 24.7. The maximum Gasteiger partial charge on any atom is 0.149 e. The van der Waals surface area contributed by atoms with Crippen LogP contribution in [0.5, 0.6) is 5.75 Å². The Labute approximate surface area is 315 Å². The van der Waals surface area contributed by atoms with Crippen LogP contribution in [0.2, 0.25) is 0 Å². The summed E-state index contributed by atoms with van der Waals surface area (Å²) in [7, 11) is 0. The van der Waals surface area contributed by atoms with E-state index in [2.05, 4.69) is 105 Å². The molecule has 0 fully saturated rings. The van der Waals surface area contributed by atoms with E-state index in [1.54, 1.807) is 6.07 Å². The molecule has 6 heteroatoms. The van der Waals surface area contributed by atoms with Gasteiger partial charge in [0.1, 0.15) is 22.7 Å². The molecule has 1 N–H and O–H groups in total. The Morgan fingerprint density at radius 1 is 0.635 bits per heavy atom. The van der Waals surface area contributed by atoms with Gasteiger partial charge in [-0.15, -0.1) is 35.4 Å². The molecular weight excluding hydrogens is 822 g/mol. The summed E-state index contributed by atoms with van der Waals surface area (Å²) >= 11 is 0. The van der Waals surface area contributed by atoms with Gasteiger partial charge in [0.15, 0.2) is 0 Å². The van der Waals surface area contributed by atoms with Crippen LogP contribution in [0.25, 0.3) is 83.3 Å². The molecule has 0 saturated carbocycles. The molecule has 0 bridgehead atoms. The van der Waals surface area contributed by atoms with Crippen molar-refractivity contribution in [1.29, 1.82) is 0 Å². The molecule has 0 atom stereocenters. The summed E-state index contributed by atoms with van der Waals surface area (Å²) in [4.78, 5) is 11.0. The maximum absolute atomic E-state index is 11.6. The van der Waals surface area contributed by atoms with Crippen molar-refractivity contribution in [3.05, 3.63) is 145 Å². The fourth-order valence-corrected chi connectivity index (χ4v) is 8.33. The molecule has 256 valence electrons. The molecule has 3 heterocycles. The molecule has 0 unspecified atom stereocenters. The molecule has 3 aromatic heterocycles. The Morgan fingerprint density at radius 2 is 1.37 bits per heavy atom. The van der Waals surface area contributed by atoms with E-state index in [1.807, 2.05) is 54.6 Å². The molecular formula is C46H34N3O2Pt-. The predicted octanol–water partition coefficient (Wildman–Crippen LogP) is 11.5. The SMILES string of the molecule is CC1(C)c2ccc[c-]c2-c2nc(-c3cccc4c3nc(-c3cc5c(cc3O)oc3ccccc35)n4-c3ccccc3)c3ccccc3c2C1(C)C.[Pt]. The van der Waals surface area contributed by atoms with Crippen molar-refractivity contribution in [2.24, 2.45) is 0 Å². The molecule has 1 aliphatic rings. The summed E-state index contributed by atoms with van der Waals surface area (Å²) in [6.45, 7) is 9.36. The molecule has 0 amide bonds. The third-order valence-corrected chi connectivity index (χ3v) is 11.6. The molecule has 10 rings (SSSR count). The number of aromatic nitrogens is 3. The van der Waals surface area contributed by atoms with Crippen LogP contribution in [-0.4, -0.2) is 19.6 Å². The summed E-state index contributed by atoms with van der Waals surface area (Å²) in [6.07, 6.45) is 0. The van der Waals surface area contributed by atoms with Gasteiger partial charge < -0.3 is 9.52 Å². The number of phenols is 1. The summed E-state index contributed by atoms with van der Waals surface area (Å²) in [6, 6.07) is 46.7. The first-order valence-corrected chi connectivity index (χ1v) is 17.4. The Morgan fingerprint density at radius 3 is 2.17 bits per heavy atom. The standard InChI is InChI=1S/C46H34N3O2.Pt/c1-45(2)35-22-12-10-20-31(35)43-40(46(45,3)4)29-18-8-9-19-30(29)41(47-43)32-21-14-23-36-42(32)48-44(49(36)27-15-6-5-7-16-27)34-25-33-28-17-11-13-24-38(28)51-39(33)26-37(34)50;/h5-19,21-26,50H,1-4H3;/q-1;. The van der Waals surface area contributed by atoms with E-state index in [1.165, 1.54) is 16.5 Å². The van der Waals surface area contributed by atoms with Crippen molar-refractivity contribution in [2.75, 3.05) is 0 Å². The number of hydrogen-bond acceptors (Lipinski definition) is 4. The molecule has 0 radical (unpaired) electrons. The van der Waals surface area contributed by atoms with Crippen molar-refractivity contribution >= 4 is 43.7 Å². The summed E-state index contributed by atoms with van der Waals surface area (Å²) in [5.41, 5.74) is 10.7. The molecule has 0 saturated heterocycles. The van der Waals surface area contributed by atoms with Gasteiger partial charge in [0.05, 0.1) is 22.3 Å². The number of benzene rings is 6. The number of pyridine rings is 1. The minimum absolute atomic E-state index is 0. The summed E-state index contributed by atoms with van der Waals surface area (Å²) < 4.78 is 8.25. The number of nitrogens with zero attached hydrogens (tertiary/aromatic N) is 3. The van der Waals surface area contributed by atoms with Crippen molar-refractivity contribution in [3.8, 4) is 45.3 Å². The number of imidazole rings is 1. The predicted molar refractivity (Wildman–Crippen MR) is 207 cm³/mol. The number of furan rings is 1. The number of aromatic hydroxyl groups is 1. The zero-order valence-electron chi connectivity index (χ0n) is 29.1. The van der Waals surface area contributed by atoms with Gasteiger partial charge in [0.25, 0.3) is 0 Å². The minimum Gasteiger partial charge on any atom is -0.507 e. The van der Waals surface area contributed by atoms with Crippen LogP contribution in [0.15, 0.2) is 132 Å². The van der Waals surface area contributed by atoms with E-state index < -0.39 is 0 Å². The van der Waals surface area contributed by atoms with Crippen LogP contribution in [0.3, 0.4) is 0 Å². The second-order valence-corrected chi connectivity index (χ2v) is 14.7. The Kier molecular flexibility index (Phi) is 7.16. The second kappa shape index (κ2) is 11.5. The monoisotopic (exact) mass is 855 g/mol. The van der Waals surface area contributed by atoms with Crippen LogP contribution in [0.4, 0.5) is 0 Å². The van der Waals surface area contributed by atoms with Gasteiger partial charge >= 0.3 is 0 Å². The van der Waals surface area contributed by atoms with Crippen molar-refractivity contribution in [1.82, 2.24) is 14.5 Å². The number of fused-ring (bicyclic) bond motifs is 9. The number of rotatable bonds is 3. The average Bonchev–Trinajstić information content (AvgIpc) is 3.71. The van der Waals surface area contributed by atoms with E-state index in [-0.39, 0.29) is 37.6 Å². The number of para-hydroxylation sites is 3. The Balaban J connectivity index is 0.00000360. The van der Waals surface area contributed by atoms with E-state index in [0.29, 0.717) is 17.0 Å². The molecule has 6 aromatic carbocycles. The van der Waals surface area contributed by atoms with E-state index in [4.69, 9.17) is 14.4 Å². The van der Waals surface area contributed by atoms with Gasteiger partial charge in [-0.2, -0.15) is 0 Å². The van der Waals surface area contributed by atoms with Crippen LogP contribution in [-0.2, 0) is 31.9 Å². The van der Waals surface area contributed by atoms with Crippen LogP contribution < -0.4 is 0 Å². The Bertz CT molecular complexity index is 2880. The number of hydrogen-bond donors (Lipinski definition) is 1. The normalized spacial score (nSPS) is 14.4. The smallest absolute Gasteiger partial charge is 0.149 e. The zero-order chi connectivity index (χ0) is 34.6. The topological polar surface area (TPSA) is 64.1 Å². The fourth-order valence-electron chi connectivity index (χ4n) is 8.33. The summed E-state index contributed by atoms with van der Waals surface area (Å²) in [5.74, 6) is 0.738. The Hall–Kier alpha value is -5.51. The molecule has 0 aliphatic heterocycles. The third-order valence-electron chi connectivity index (χ3n) is 11.6. The third kappa shape index (κ3) is 4.39. The van der Waals surface area contributed by atoms with Gasteiger partial charge in [-0.25, -0.2) is 4.98 Å². The first kappa shape index (κ1) is 32.4. The van der Waals surface area contributed by atoms with E-state index in [0.717, 1.165) is 61.0 Å². The van der Waals surface area contributed by atoms with Crippen molar-refractivity contribution in [3.63, 3.8) is 0 Å². The summed E-state index contributed by atoms with van der Waals surface area (Å²) in [5, 5.41) is 15.8. The van der Waals surface area contributed by atoms with Gasteiger partial charge in [-0.05, 0) is 52.2 Å². The van der Waals surface area contributed by atoms with Crippen molar-refractivity contribution in [2.45, 2.75) is 38.5 Å². The average molecular weight is 856 g/mol. The van der Waals surface area contributed by atoms with E-state index in [9.17, 15) is 5.11 Å². The second-order valence-electron chi connectivity index (χ2n) is 14.7. The van der Waals surface area contributed by atoms with Gasteiger partial charge in [0.2, 0.25) is 0 Å². The molecule has 9 aromatic rings. The van der Waals surface area contributed by atoms with Gasteiger partial charge in [-0.3, -0.25) is 9.55 Å². The molecule has 1 aliphatic carbocycles. The molecule has 52 heavy (non-hydrogen) atoms. The fraction of sp³-hybridized carbons (Fsp3) is 0.130. The van der Waals surface area contributed by atoms with Crippen molar-refractivity contribution < 1.29 is 30.6 Å². The maximum atomic E-state index is 11.6. The van der Waals surface area contributed by atoms with Crippen LogP contribution >= 0.6 is 0 Å². The number of phenolic OH excluding ortho intramolecular Hbond substituents is 1. The zero-order valence-corrected chi connectivity index (χ0v) is 31.4. The van der Waals surface area contributed by atoms with Gasteiger partial charge in [0, 0.05) is 54.5 Å². The largest absolute Gasteiger partial charge is 0.507 e. The van der Waals surface area contributed by atoms with Gasteiger partial charge in [-0.1, -0.05) is 106 Å². The first-order valence-electron chi connectivity index (χ1n) is 17.4. The molecule has 0 spiro atoms. The minimum atomic E-state index is -0.211. The van der Waals surface area contributed by atoms with Crippen LogP contribution in [0.1, 0.15) is 38.8 Å². The van der Waals surface area contributed by atoms with E-state index >= 15 is 0 Å².